The Morgan fingerprint density at radius 2 is 2.14 bits per heavy atom. The molecule has 0 aliphatic carbocycles. The van der Waals surface area contributed by atoms with E-state index < -0.39 is 10.8 Å². The molecule has 1 N–H and O–H groups in total. The Balaban J connectivity index is 1.66. The standard InChI is InChI=1S/C17H13N7O5/c1-9-13(16(25)23(20-9)17-18-21-22-19-17)7-11-4-6-15(29-11)12-5-3-10(28-2)8-14(12)24(26)27/h3-8H,1-2H3,(H,18,19,21,22)/b13-7-. The number of amides is 1. The summed E-state index contributed by atoms with van der Waals surface area (Å²) in [6.07, 6.45) is 1.50. The highest BCUT2D eigenvalue weighted by atomic mass is 16.6. The smallest absolute Gasteiger partial charge is 0.293 e. The van der Waals surface area contributed by atoms with E-state index >= 15 is 0 Å². The molecule has 0 saturated carbocycles. The van der Waals surface area contributed by atoms with Crippen molar-refractivity contribution in [2.45, 2.75) is 6.92 Å². The number of aromatic amines is 1. The molecule has 0 spiro atoms. The van der Waals surface area contributed by atoms with Crippen molar-refractivity contribution in [2.75, 3.05) is 12.1 Å². The fraction of sp³-hybridized carbons (Fsp3) is 0.118. The average molecular weight is 395 g/mol. The number of hydrogen-bond donors (Lipinski definition) is 1. The zero-order valence-electron chi connectivity index (χ0n) is 15.2. The van der Waals surface area contributed by atoms with E-state index in [4.69, 9.17) is 9.15 Å². The number of benzene rings is 1. The summed E-state index contributed by atoms with van der Waals surface area (Å²) in [7, 11) is 1.43. The molecule has 1 aliphatic heterocycles. The first-order chi connectivity index (χ1) is 14.0. The largest absolute Gasteiger partial charge is 0.497 e. The van der Waals surface area contributed by atoms with E-state index in [0.717, 1.165) is 5.01 Å². The zero-order chi connectivity index (χ0) is 20.5. The number of nitrogens with zero attached hydrogens (tertiary/aromatic N) is 6. The molecule has 146 valence electrons. The number of aromatic nitrogens is 4. The summed E-state index contributed by atoms with van der Waals surface area (Å²) in [4.78, 5) is 23.5. The van der Waals surface area contributed by atoms with E-state index in [1.54, 1.807) is 25.1 Å². The molecule has 12 heteroatoms. The molecule has 3 aromatic rings. The monoisotopic (exact) mass is 395 g/mol. The van der Waals surface area contributed by atoms with Gasteiger partial charge in [-0.1, -0.05) is 5.10 Å². The number of ether oxygens (including phenoxy) is 1. The van der Waals surface area contributed by atoms with Gasteiger partial charge in [0.15, 0.2) is 0 Å². The van der Waals surface area contributed by atoms with E-state index in [1.165, 1.54) is 25.3 Å². The zero-order valence-corrected chi connectivity index (χ0v) is 15.2. The second-order valence-corrected chi connectivity index (χ2v) is 5.91. The highest BCUT2D eigenvalue weighted by Gasteiger charge is 2.31. The van der Waals surface area contributed by atoms with Crippen LogP contribution in [0.15, 0.2) is 45.4 Å². The number of tetrazole rings is 1. The quantitative estimate of drug-likeness (QED) is 0.392. The van der Waals surface area contributed by atoms with Crippen molar-refractivity contribution in [1.82, 2.24) is 20.6 Å². The minimum atomic E-state index is -0.515. The van der Waals surface area contributed by atoms with Crippen LogP contribution in [0.25, 0.3) is 17.4 Å². The Bertz CT molecular complexity index is 1160. The summed E-state index contributed by atoms with van der Waals surface area (Å²) in [6, 6.07) is 7.65. The number of H-pyrrole nitrogens is 1. The van der Waals surface area contributed by atoms with E-state index in [9.17, 15) is 14.9 Å². The van der Waals surface area contributed by atoms with Gasteiger partial charge >= 0.3 is 0 Å². The number of nitro benzene ring substituents is 1. The van der Waals surface area contributed by atoms with Gasteiger partial charge in [-0.25, -0.2) is 0 Å². The number of hydrogen-bond acceptors (Lipinski definition) is 9. The van der Waals surface area contributed by atoms with Crippen LogP contribution in [0.2, 0.25) is 0 Å². The van der Waals surface area contributed by atoms with Gasteiger partial charge in [-0.05, 0) is 42.5 Å². The molecule has 0 unspecified atom stereocenters. The number of rotatable bonds is 5. The third-order valence-corrected chi connectivity index (χ3v) is 4.17. The summed E-state index contributed by atoms with van der Waals surface area (Å²) in [5, 5.41) is 29.7. The van der Waals surface area contributed by atoms with Gasteiger partial charge in [0.2, 0.25) is 0 Å². The molecule has 0 atom stereocenters. The molecule has 12 nitrogen and oxygen atoms in total. The lowest BCUT2D eigenvalue weighted by molar-refractivity contribution is -0.384. The molecule has 1 aromatic carbocycles. The summed E-state index contributed by atoms with van der Waals surface area (Å²) < 4.78 is 10.8. The van der Waals surface area contributed by atoms with Crippen LogP contribution in [0, 0.1) is 10.1 Å². The van der Waals surface area contributed by atoms with Gasteiger partial charge in [0, 0.05) is 0 Å². The van der Waals surface area contributed by atoms with Crippen molar-refractivity contribution in [3.8, 4) is 17.1 Å². The van der Waals surface area contributed by atoms with Gasteiger partial charge in [0.25, 0.3) is 17.5 Å². The highest BCUT2D eigenvalue weighted by Crippen LogP contribution is 2.34. The molecule has 0 radical (unpaired) electrons. The molecule has 0 saturated heterocycles. The second kappa shape index (κ2) is 6.99. The molecule has 29 heavy (non-hydrogen) atoms. The fourth-order valence-corrected chi connectivity index (χ4v) is 2.78. The summed E-state index contributed by atoms with van der Waals surface area (Å²) in [5.74, 6) is 0.544. The first-order valence-corrected chi connectivity index (χ1v) is 8.25. The number of carbonyl (C=O) groups is 1. The van der Waals surface area contributed by atoms with Crippen molar-refractivity contribution < 1.29 is 18.9 Å². The normalized spacial score (nSPS) is 15.1. The maximum absolute atomic E-state index is 12.6. The Labute approximate surface area is 162 Å². The van der Waals surface area contributed by atoms with Gasteiger partial charge in [-0.3, -0.25) is 14.9 Å². The number of anilines is 1. The lowest BCUT2D eigenvalue weighted by Gasteiger charge is -2.04. The molecule has 4 rings (SSSR count). The van der Waals surface area contributed by atoms with Gasteiger partial charge in [-0.2, -0.15) is 15.3 Å². The van der Waals surface area contributed by atoms with Crippen molar-refractivity contribution in [1.29, 1.82) is 0 Å². The van der Waals surface area contributed by atoms with Gasteiger partial charge in [-0.15, -0.1) is 5.10 Å². The second-order valence-electron chi connectivity index (χ2n) is 5.91. The Hall–Kier alpha value is -4.35. The number of hydrazone groups is 1. The summed E-state index contributed by atoms with van der Waals surface area (Å²) >= 11 is 0. The van der Waals surface area contributed by atoms with Gasteiger partial charge in [0.05, 0.1) is 34.9 Å². The van der Waals surface area contributed by atoms with Crippen LogP contribution in [-0.4, -0.2) is 44.3 Å². The van der Waals surface area contributed by atoms with Crippen LogP contribution in [0.4, 0.5) is 11.6 Å². The number of methoxy groups -OCH3 is 1. The van der Waals surface area contributed by atoms with Crippen LogP contribution in [0.1, 0.15) is 12.7 Å². The molecular formula is C17H13N7O5. The molecule has 2 aromatic heterocycles. The van der Waals surface area contributed by atoms with Crippen LogP contribution in [-0.2, 0) is 4.79 Å². The first kappa shape index (κ1) is 18.0. The maximum Gasteiger partial charge on any atom is 0.293 e. The third-order valence-electron chi connectivity index (χ3n) is 4.17. The number of carbonyl (C=O) groups excluding carboxylic acids is 1. The molecule has 0 bridgehead atoms. The van der Waals surface area contributed by atoms with Crippen molar-refractivity contribution in [3.05, 3.63) is 51.8 Å². The van der Waals surface area contributed by atoms with Crippen LogP contribution >= 0.6 is 0 Å². The Kier molecular flexibility index (Phi) is 4.35. The Morgan fingerprint density at radius 3 is 2.83 bits per heavy atom. The van der Waals surface area contributed by atoms with E-state index in [-0.39, 0.29) is 28.5 Å². The molecule has 0 fully saturated rings. The van der Waals surface area contributed by atoms with Crippen molar-refractivity contribution in [2.24, 2.45) is 5.10 Å². The molecular weight excluding hydrogens is 382 g/mol. The molecule has 1 amide bonds. The number of nitro groups is 1. The summed E-state index contributed by atoms with van der Waals surface area (Å²) in [6.45, 7) is 1.65. The van der Waals surface area contributed by atoms with Gasteiger partial charge in [0.1, 0.15) is 17.3 Å². The lowest BCUT2D eigenvalue weighted by Crippen LogP contribution is -2.22. The first-order valence-electron chi connectivity index (χ1n) is 8.25. The minimum absolute atomic E-state index is 0.0201. The van der Waals surface area contributed by atoms with Crippen LogP contribution in [0.3, 0.4) is 0 Å². The fourth-order valence-electron chi connectivity index (χ4n) is 2.78. The van der Waals surface area contributed by atoms with E-state index in [0.29, 0.717) is 17.2 Å². The summed E-state index contributed by atoms with van der Waals surface area (Å²) in [5.41, 5.74) is 0.848. The van der Waals surface area contributed by atoms with E-state index in [2.05, 4.69) is 25.7 Å². The van der Waals surface area contributed by atoms with Crippen LogP contribution < -0.4 is 9.75 Å². The maximum atomic E-state index is 12.6. The molecule has 3 heterocycles. The topological polar surface area (TPSA) is 153 Å². The predicted octanol–water partition coefficient (Wildman–Crippen LogP) is 2.18. The molecule has 1 aliphatic rings. The number of nitrogens with one attached hydrogen (secondary N) is 1. The van der Waals surface area contributed by atoms with Crippen molar-refractivity contribution >= 4 is 29.3 Å². The van der Waals surface area contributed by atoms with E-state index in [1.807, 2.05) is 0 Å². The highest BCUT2D eigenvalue weighted by molar-refractivity contribution is 6.31. The predicted molar refractivity (Wildman–Crippen MR) is 100 cm³/mol. The third kappa shape index (κ3) is 3.22. The SMILES string of the molecule is COc1ccc(-c2ccc(/C=C3\C(=O)N(c4nn[nH]n4)N=C3C)o2)c([N+](=O)[O-])c1. The van der Waals surface area contributed by atoms with Crippen LogP contribution in [0.5, 0.6) is 5.75 Å². The van der Waals surface area contributed by atoms with Crippen molar-refractivity contribution in [3.63, 3.8) is 0 Å². The minimum Gasteiger partial charge on any atom is -0.497 e. The van der Waals surface area contributed by atoms with Gasteiger partial charge < -0.3 is 9.15 Å². The number of furan rings is 1. The Morgan fingerprint density at radius 1 is 1.31 bits per heavy atom. The lowest BCUT2D eigenvalue weighted by atomic mass is 10.1. The average Bonchev–Trinajstić information content (AvgIpc) is 3.45.